The zero-order valence-electron chi connectivity index (χ0n) is 17.1. The van der Waals surface area contributed by atoms with Gasteiger partial charge in [-0.3, -0.25) is 4.79 Å². The highest BCUT2D eigenvalue weighted by Gasteiger charge is 2.27. The smallest absolute Gasteiger partial charge is 0.259 e. The molecule has 4 rings (SSSR count). The van der Waals surface area contributed by atoms with E-state index in [-0.39, 0.29) is 17.6 Å². The van der Waals surface area contributed by atoms with Crippen LogP contribution in [0.3, 0.4) is 0 Å². The van der Waals surface area contributed by atoms with Crippen LogP contribution in [-0.2, 0) is 0 Å². The summed E-state index contributed by atoms with van der Waals surface area (Å²) in [7, 11) is 1.63. The van der Waals surface area contributed by atoms with Crippen molar-refractivity contribution in [2.24, 2.45) is 0 Å². The molecule has 1 fully saturated rings. The number of hydrogen-bond acceptors (Lipinski definition) is 4. The van der Waals surface area contributed by atoms with Gasteiger partial charge in [-0.25, -0.2) is 9.07 Å². The molecule has 1 aliphatic rings. The van der Waals surface area contributed by atoms with Crippen molar-refractivity contribution in [3.8, 4) is 11.4 Å². The Balaban J connectivity index is 1.71. The third kappa shape index (κ3) is 4.07. The number of piperidine rings is 1. The Hall–Kier alpha value is -3.19. The number of carbonyl (C=O) groups is 1. The Morgan fingerprint density at radius 2 is 1.93 bits per heavy atom. The van der Waals surface area contributed by atoms with E-state index in [0.717, 1.165) is 43.1 Å². The first kappa shape index (κ1) is 20.1. The molecule has 0 aliphatic carbocycles. The highest BCUT2D eigenvalue weighted by molar-refractivity contribution is 6.05. The molecule has 156 valence electrons. The Bertz CT molecular complexity index is 1040. The van der Waals surface area contributed by atoms with E-state index >= 15 is 0 Å². The van der Waals surface area contributed by atoms with E-state index in [1.165, 1.54) is 12.1 Å². The minimum Gasteiger partial charge on any atom is -0.497 e. The third-order valence-corrected chi connectivity index (χ3v) is 5.53. The number of ether oxygens (including phenoxy) is 1. The topological polar surface area (TPSA) is 68.2 Å². The van der Waals surface area contributed by atoms with Gasteiger partial charge in [0.25, 0.3) is 5.91 Å². The highest BCUT2D eigenvalue weighted by Crippen LogP contribution is 2.31. The molecule has 0 spiro atoms. The molecule has 1 aliphatic heterocycles. The summed E-state index contributed by atoms with van der Waals surface area (Å²) in [6.45, 7) is 3.57. The number of anilines is 1. The van der Waals surface area contributed by atoms with Gasteiger partial charge < -0.3 is 15.4 Å². The number of rotatable bonds is 5. The predicted octanol–water partition coefficient (Wildman–Crippen LogP) is 4.05. The van der Waals surface area contributed by atoms with Gasteiger partial charge in [0.05, 0.1) is 30.3 Å². The summed E-state index contributed by atoms with van der Waals surface area (Å²) in [6.07, 6.45) is 3.48. The summed E-state index contributed by atoms with van der Waals surface area (Å²) < 4.78 is 20.5. The van der Waals surface area contributed by atoms with Crippen molar-refractivity contribution >= 4 is 11.6 Å². The van der Waals surface area contributed by atoms with Gasteiger partial charge in [0.2, 0.25) is 0 Å². The van der Waals surface area contributed by atoms with Gasteiger partial charge in [-0.1, -0.05) is 0 Å². The quantitative estimate of drug-likeness (QED) is 0.668. The number of halogens is 1. The molecule has 7 heteroatoms. The minimum absolute atomic E-state index is 0.214. The molecular weight excluding hydrogens is 383 g/mol. The molecular formula is C23H25FN4O2. The number of hydrogen-bond donors (Lipinski definition) is 2. The number of amides is 1. The molecule has 30 heavy (non-hydrogen) atoms. The number of aromatic nitrogens is 2. The largest absolute Gasteiger partial charge is 0.497 e. The second-order valence-corrected chi connectivity index (χ2v) is 7.49. The summed E-state index contributed by atoms with van der Waals surface area (Å²) in [4.78, 5) is 13.2. The molecule has 0 atom stereocenters. The summed E-state index contributed by atoms with van der Waals surface area (Å²) >= 11 is 0. The summed E-state index contributed by atoms with van der Waals surface area (Å²) in [6, 6.07) is 12.0. The molecule has 6 nitrogen and oxygen atoms in total. The SMILES string of the molecule is COc1ccc(-n2ncc(C(=O)Nc3ccc(F)cc3C)c2C2CCNCC2)cc1. The molecule has 2 heterocycles. The first-order chi connectivity index (χ1) is 14.6. The number of methoxy groups -OCH3 is 1. The number of benzene rings is 2. The Morgan fingerprint density at radius 3 is 2.60 bits per heavy atom. The lowest BCUT2D eigenvalue weighted by atomic mass is 9.91. The van der Waals surface area contributed by atoms with E-state index in [1.807, 2.05) is 28.9 Å². The van der Waals surface area contributed by atoms with Gasteiger partial charge in [0.15, 0.2) is 0 Å². The molecule has 1 aromatic heterocycles. The summed E-state index contributed by atoms with van der Waals surface area (Å²) in [5.41, 5.74) is 3.59. The molecule has 2 aromatic carbocycles. The molecule has 3 aromatic rings. The monoisotopic (exact) mass is 408 g/mol. The lowest BCUT2D eigenvalue weighted by Gasteiger charge is -2.25. The van der Waals surface area contributed by atoms with Crippen molar-refractivity contribution < 1.29 is 13.9 Å². The number of nitrogens with zero attached hydrogens (tertiary/aromatic N) is 2. The van der Waals surface area contributed by atoms with E-state index in [2.05, 4.69) is 15.7 Å². The van der Waals surface area contributed by atoms with Gasteiger partial charge in [-0.15, -0.1) is 0 Å². The van der Waals surface area contributed by atoms with Crippen LogP contribution in [0, 0.1) is 12.7 Å². The fraction of sp³-hybridized carbons (Fsp3) is 0.304. The van der Waals surface area contributed by atoms with Crippen molar-refractivity contribution in [1.29, 1.82) is 0 Å². The van der Waals surface area contributed by atoms with Crippen LogP contribution in [0.25, 0.3) is 5.69 Å². The van der Waals surface area contributed by atoms with Crippen LogP contribution < -0.4 is 15.4 Å². The maximum absolute atomic E-state index is 13.4. The molecule has 1 saturated heterocycles. The van der Waals surface area contributed by atoms with Crippen molar-refractivity contribution in [3.63, 3.8) is 0 Å². The van der Waals surface area contributed by atoms with Crippen LogP contribution in [0.4, 0.5) is 10.1 Å². The maximum Gasteiger partial charge on any atom is 0.259 e. The number of carbonyl (C=O) groups excluding carboxylic acids is 1. The van der Waals surface area contributed by atoms with Crippen molar-refractivity contribution in [1.82, 2.24) is 15.1 Å². The highest BCUT2D eigenvalue weighted by atomic mass is 19.1. The van der Waals surface area contributed by atoms with Gasteiger partial charge >= 0.3 is 0 Å². The summed E-state index contributed by atoms with van der Waals surface area (Å²) in [5, 5.41) is 10.8. The number of aryl methyl sites for hydroxylation is 1. The molecule has 0 bridgehead atoms. The van der Waals surface area contributed by atoms with Gasteiger partial charge in [-0.2, -0.15) is 5.10 Å². The van der Waals surface area contributed by atoms with Crippen LogP contribution in [0.5, 0.6) is 5.75 Å². The Morgan fingerprint density at radius 1 is 1.20 bits per heavy atom. The molecule has 1 amide bonds. The second kappa shape index (κ2) is 8.67. The van der Waals surface area contributed by atoms with E-state index in [9.17, 15) is 9.18 Å². The first-order valence-electron chi connectivity index (χ1n) is 10.1. The average molecular weight is 408 g/mol. The lowest BCUT2D eigenvalue weighted by Crippen LogP contribution is -2.29. The van der Waals surface area contributed by atoms with Crippen LogP contribution in [-0.4, -0.2) is 35.9 Å². The normalized spacial score (nSPS) is 14.5. The van der Waals surface area contributed by atoms with E-state index in [4.69, 9.17) is 4.74 Å². The van der Waals surface area contributed by atoms with Crippen molar-refractivity contribution in [2.75, 3.05) is 25.5 Å². The van der Waals surface area contributed by atoms with Crippen molar-refractivity contribution in [2.45, 2.75) is 25.7 Å². The third-order valence-electron chi connectivity index (χ3n) is 5.53. The zero-order valence-corrected chi connectivity index (χ0v) is 17.1. The van der Waals surface area contributed by atoms with Crippen LogP contribution in [0.1, 0.15) is 40.4 Å². The second-order valence-electron chi connectivity index (χ2n) is 7.49. The Kier molecular flexibility index (Phi) is 5.81. The van der Waals surface area contributed by atoms with Gasteiger partial charge in [0.1, 0.15) is 11.6 Å². The minimum atomic E-state index is -0.326. The molecule has 2 N–H and O–H groups in total. The predicted molar refractivity (Wildman–Crippen MR) is 114 cm³/mol. The zero-order chi connectivity index (χ0) is 21.1. The maximum atomic E-state index is 13.4. The fourth-order valence-electron chi connectivity index (χ4n) is 3.91. The van der Waals surface area contributed by atoms with Crippen LogP contribution in [0.2, 0.25) is 0 Å². The van der Waals surface area contributed by atoms with Crippen LogP contribution in [0.15, 0.2) is 48.7 Å². The first-order valence-corrected chi connectivity index (χ1v) is 10.1. The number of nitrogens with one attached hydrogen (secondary N) is 2. The van der Waals surface area contributed by atoms with Crippen LogP contribution >= 0.6 is 0 Å². The molecule has 0 saturated carbocycles. The fourth-order valence-corrected chi connectivity index (χ4v) is 3.91. The lowest BCUT2D eigenvalue weighted by molar-refractivity contribution is 0.102. The molecule has 0 unspecified atom stereocenters. The van der Waals surface area contributed by atoms with E-state index in [1.54, 1.807) is 26.3 Å². The molecule has 0 radical (unpaired) electrons. The van der Waals surface area contributed by atoms with E-state index in [0.29, 0.717) is 16.8 Å². The van der Waals surface area contributed by atoms with Crippen molar-refractivity contribution in [3.05, 3.63) is 71.3 Å². The van der Waals surface area contributed by atoms with Gasteiger partial charge in [0, 0.05) is 11.6 Å². The average Bonchev–Trinajstić information content (AvgIpc) is 3.21. The summed E-state index contributed by atoms with van der Waals surface area (Å²) in [5.74, 6) is 0.413. The van der Waals surface area contributed by atoms with E-state index < -0.39 is 0 Å². The van der Waals surface area contributed by atoms with Gasteiger partial charge in [-0.05, 0) is 80.9 Å². The Labute approximate surface area is 175 Å². The standard InChI is InChI=1S/C23H25FN4O2/c1-15-13-17(24)3-8-21(15)27-23(29)20-14-26-28(18-4-6-19(30-2)7-5-18)22(20)16-9-11-25-12-10-16/h3-8,13-14,16,25H,9-12H2,1-2H3,(H,27,29).